The molecule has 3 N–H and O–H groups in total. The van der Waals surface area contributed by atoms with Crippen molar-refractivity contribution in [2.75, 3.05) is 33.2 Å². The van der Waals surface area contributed by atoms with Crippen molar-refractivity contribution in [1.29, 1.82) is 0 Å². The fraction of sp³-hybridized carbons (Fsp3) is 0.889. The minimum Gasteiger partial charge on any atom is -0.320 e. The minimum absolute atomic E-state index is 0.0722. The molecular formula is C9H20N4O. The summed E-state index contributed by atoms with van der Waals surface area (Å²) in [5.74, 6) is -0.0722. The Morgan fingerprint density at radius 1 is 1.43 bits per heavy atom. The molecule has 1 aliphatic rings. The van der Waals surface area contributed by atoms with Crippen molar-refractivity contribution in [3.05, 3.63) is 0 Å². The molecule has 0 spiro atoms. The van der Waals surface area contributed by atoms with E-state index in [1.807, 2.05) is 11.9 Å². The van der Waals surface area contributed by atoms with Gasteiger partial charge in [-0.25, -0.2) is 5.01 Å². The normalized spacial score (nSPS) is 21.9. The van der Waals surface area contributed by atoms with Crippen LogP contribution in [-0.4, -0.2) is 55.1 Å². The number of hydrogen-bond acceptors (Lipinski definition) is 4. The molecule has 5 nitrogen and oxygen atoms in total. The van der Waals surface area contributed by atoms with Gasteiger partial charge in [-0.2, -0.15) is 0 Å². The molecule has 1 amide bonds. The SMILES string of the molecule is CC[C@H](N)C(=O)NN1CCN(C)CC1. The van der Waals surface area contributed by atoms with E-state index in [1.54, 1.807) is 0 Å². The summed E-state index contributed by atoms with van der Waals surface area (Å²) < 4.78 is 0. The molecule has 0 unspecified atom stereocenters. The van der Waals surface area contributed by atoms with Crippen molar-refractivity contribution < 1.29 is 4.79 Å². The van der Waals surface area contributed by atoms with Gasteiger partial charge in [0.1, 0.15) is 0 Å². The Kier molecular flexibility index (Phi) is 4.31. The van der Waals surface area contributed by atoms with Gasteiger partial charge >= 0.3 is 0 Å². The highest BCUT2D eigenvalue weighted by Gasteiger charge is 2.18. The molecule has 0 aliphatic carbocycles. The van der Waals surface area contributed by atoms with Crippen molar-refractivity contribution in [3.8, 4) is 0 Å². The van der Waals surface area contributed by atoms with Gasteiger partial charge in [0.05, 0.1) is 6.04 Å². The molecule has 0 aromatic rings. The van der Waals surface area contributed by atoms with Crippen LogP contribution in [-0.2, 0) is 4.79 Å². The van der Waals surface area contributed by atoms with Crippen LogP contribution in [0.4, 0.5) is 0 Å². The van der Waals surface area contributed by atoms with Gasteiger partial charge in [0, 0.05) is 26.2 Å². The first-order valence-electron chi connectivity index (χ1n) is 5.13. The molecule has 0 bridgehead atoms. The molecule has 0 aromatic carbocycles. The summed E-state index contributed by atoms with van der Waals surface area (Å²) in [4.78, 5) is 13.7. The van der Waals surface area contributed by atoms with Crippen molar-refractivity contribution in [2.24, 2.45) is 5.73 Å². The van der Waals surface area contributed by atoms with E-state index in [2.05, 4.69) is 17.4 Å². The summed E-state index contributed by atoms with van der Waals surface area (Å²) in [5, 5.41) is 1.94. The molecule has 5 heteroatoms. The number of likely N-dealkylation sites (N-methyl/N-ethyl adjacent to an activating group) is 1. The highest BCUT2D eigenvalue weighted by Crippen LogP contribution is 1.96. The molecule has 1 rings (SSSR count). The highest BCUT2D eigenvalue weighted by atomic mass is 16.2. The fourth-order valence-corrected chi connectivity index (χ4v) is 1.34. The maximum absolute atomic E-state index is 11.4. The van der Waals surface area contributed by atoms with Crippen LogP contribution in [0.15, 0.2) is 0 Å². The highest BCUT2D eigenvalue weighted by molar-refractivity contribution is 5.80. The molecule has 1 atom stereocenters. The number of rotatable bonds is 3. The van der Waals surface area contributed by atoms with Gasteiger partial charge in [-0.05, 0) is 13.5 Å². The second-order valence-corrected chi connectivity index (χ2v) is 3.78. The van der Waals surface area contributed by atoms with Gasteiger partial charge in [0.25, 0.3) is 5.91 Å². The number of carbonyl (C=O) groups is 1. The lowest BCUT2D eigenvalue weighted by Gasteiger charge is -2.32. The van der Waals surface area contributed by atoms with Crippen molar-refractivity contribution in [1.82, 2.24) is 15.3 Å². The van der Waals surface area contributed by atoms with Crippen LogP contribution in [0.5, 0.6) is 0 Å². The lowest BCUT2D eigenvalue weighted by Crippen LogP contribution is -2.55. The maximum Gasteiger partial charge on any atom is 0.251 e. The Bertz CT molecular complexity index is 189. The van der Waals surface area contributed by atoms with Gasteiger partial charge in [0.2, 0.25) is 0 Å². The van der Waals surface area contributed by atoms with Crippen molar-refractivity contribution in [2.45, 2.75) is 19.4 Å². The molecule has 1 saturated heterocycles. The van der Waals surface area contributed by atoms with E-state index >= 15 is 0 Å². The Balaban J connectivity index is 2.27. The predicted octanol–water partition coefficient (Wildman–Crippen LogP) is -0.998. The number of nitrogens with two attached hydrogens (primary N) is 1. The van der Waals surface area contributed by atoms with Gasteiger partial charge in [-0.1, -0.05) is 6.92 Å². The zero-order valence-electron chi connectivity index (χ0n) is 8.99. The van der Waals surface area contributed by atoms with Crippen LogP contribution in [0, 0.1) is 0 Å². The van der Waals surface area contributed by atoms with Crippen LogP contribution in [0.1, 0.15) is 13.3 Å². The average Bonchev–Trinajstić information content (AvgIpc) is 2.20. The molecule has 14 heavy (non-hydrogen) atoms. The van der Waals surface area contributed by atoms with E-state index in [4.69, 9.17) is 5.73 Å². The second kappa shape index (κ2) is 5.29. The summed E-state index contributed by atoms with van der Waals surface area (Å²) in [6.45, 7) is 5.63. The molecule has 1 heterocycles. The van der Waals surface area contributed by atoms with Crippen LogP contribution >= 0.6 is 0 Å². The Hall–Kier alpha value is -0.650. The summed E-state index contributed by atoms with van der Waals surface area (Å²) in [6.07, 6.45) is 0.680. The summed E-state index contributed by atoms with van der Waals surface area (Å²) >= 11 is 0. The standard InChI is InChI=1S/C9H20N4O/c1-3-8(10)9(14)11-13-6-4-12(2)5-7-13/h8H,3-7,10H2,1-2H3,(H,11,14)/t8-/m0/s1. The quantitative estimate of drug-likeness (QED) is 0.613. The van der Waals surface area contributed by atoms with Crippen LogP contribution in [0.3, 0.4) is 0 Å². The third kappa shape index (κ3) is 3.25. The summed E-state index contributed by atoms with van der Waals surface area (Å²) in [5.41, 5.74) is 8.44. The predicted molar refractivity (Wildman–Crippen MR) is 55.5 cm³/mol. The zero-order valence-corrected chi connectivity index (χ0v) is 8.99. The van der Waals surface area contributed by atoms with E-state index in [1.165, 1.54) is 0 Å². The van der Waals surface area contributed by atoms with Crippen molar-refractivity contribution >= 4 is 5.91 Å². The van der Waals surface area contributed by atoms with E-state index in [0.717, 1.165) is 26.2 Å². The number of hydrazine groups is 1. The minimum atomic E-state index is -0.380. The van der Waals surface area contributed by atoms with Crippen molar-refractivity contribution in [3.63, 3.8) is 0 Å². The lowest BCUT2D eigenvalue weighted by molar-refractivity contribution is -0.128. The van der Waals surface area contributed by atoms with E-state index in [-0.39, 0.29) is 11.9 Å². The fourth-order valence-electron chi connectivity index (χ4n) is 1.34. The van der Waals surface area contributed by atoms with E-state index < -0.39 is 0 Å². The Morgan fingerprint density at radius 2 is 2.00 bits per heavy atom. The van der Waals surface area contributed by atoms with Crippen LogP contribution in [0.2, 0.25) is 0 Å². The summed E-state index contributed by atoms with van der Waals surface area (Å²) in [7, 11) is 2.08. The topological polar surface area (TPSA) is 61.6 Å². The molecule has 0 aromatic heterocycles. The number of nitrogens with zero attached hydrogens (tertiary/aromatic N) is 2. The third-order valence-corrected chi connectivity index (χ3v) is 2.55. The Morgan fingerprint density at radius 3 is 2.50 bits per heavy atom. The number of amides is 1. The second-order valence-electron chi connectivity index (χ2n) is 3.78. The van der Waals surface area contributed by atoms with Gasteiger partial charge in [-0.3, -0.25) is 10.2 Å². The largest absolute Gasteiger partial charge is 0.320 e. The smallest absolute Gasteiger partial charge is 0.251 e. The van der Waals surface area contributed by atoms with Gasteiger partial charge in [-0.15, -0.1) is 0 Å². The number of carbonyl (C=O) groups excluding carboxylic acids is 1. The third-order valence-electron chi connectivity index (χ3n) is 2.55. The van der Waals surface area contributed by atoms with Gasteiger partial charge < -0.3 is 10.6 Å². The molecule has 1 fully saturated rings. The lowest BCUT2D eigenvalue weighted by atomic mass is 10.2. The first-order chi connectivity index (χ1) is 6.63. The summed E-state index contributed by atoms with van der Waals surface area (Å²) in [6, 6.07) is -0.380. The first kappa shape index (κ1) is 11.4. The number of hydrogen-bond donors (Lipinski definition) is 2. The number of piperazine rings is 1. The monoisotopic (exact) mass is 200 g/mol. The molecule has 1 aliphatic heterocycles. The molecular weight excluding hydrogens is 180 g/mol. The molecule has 0 radical (unpaired) electrons. The maximum atomic E-state index is 11.4. The Labute approximate surface area is 85.2 Å². The zero-order chi connectivity index (χ0) is 10.6. The first-order valence-corrected chi connectivity index (χ1v) is 5.13. The average molecular weight is 200 g/mol. The number of nitrogens with one attached hydrogen (secondary N) is 1. The van der Waals surface area contributed by atoms with Gasteiger partial charge in [0.15, 0.2) is 0 Å². The molecule has 0 saturated carbocycles. The van der Waals surface area contributed by atoms with Crippen LogP contribution < -0.4 is 11.2 Å². The van der Waals surface area contributed by atoms with E-state index in [9.17, 15) is 4.79 Å². The van der Waals surface area contributed by atoms with Crippen LogP contribution in [0.25, 0.3) is 0 Å². The molecule has 82 valence electrons. The van der Waals surface area contributed by atoms with E-state index in [0.29, 0.717) is 6.42 Å².